The lowest BCUT2D eigenvalue weighted by molar-refractivity contribution is -0.122. The molecule has 0 radical (unpaired) electrons. The number of hydrogen-bond acceptors (Lipinski definition) is 3. The highest BCUT2D eigenvalue weighted by atomic mass is 16.2. The van der Waals surface area contributed by atoms with E-state index < -0.39 is 0 Å². The van der Waals surface area contributed by atoms with Crippen LogP contribution in [0.4, 0.5) is 0 Å². The van der Waals surface area contributed by atoms with E-state index in [4.69, 9.17) is 0 Å². The molecule has 0 aromatic carbocycles. The SMILES string of the molecule is Cc1cc(C)c(CNC(=O)C2CC2c2cnn(C)c2)c(=O)[nH]1. The Morgan fingerprint density at radius 2 is 2.27 bits per heavy atom. The first kappa shape index (κ1) is 14.6. The molecule has 2 N–H and O–H groups in total. The lowest BCUT2D eigenvalue weighted by Gasteiger charge is -2.08. The van der Waals surface area contributed by atoms with Gasteiger partial charge in [0.05, 0.1) is 6.20 Å². The second kappa shape index (κ2) is 5.44. The lowest BCUT2D eigenvalue weighted by atomic mass is 10.1. The summed E-state index contributed by atoms with van der Waals surface area (Å²) in [7, 11) is 1.87. The predicted molar refractivity (Wildman–Crippen MR) is 82.4 cm³/mol. The summed E-state index contributed by atoms with van der Waals surface area (Å²) in [6.07, 6.45) is 4.61. The van der Waals surface area contributed by atoms with E-state index in [0.717, 1.165) is 23.2 Å². The normalized spacial score (nSPS) is 20.0. The van der Waals surface area contributed by atoms with Crippen molar-refractivity contribution < 1.29 is 4.79 Å². The van der Waals surface area contributed by atoms with Crippen LogP contribution >= 0.6 is 0 Å². The Balaban J connectivity index is 1.61. The van der Waals surface area contributed by atoms with Crippen molar-refractivity contribution in [2.45, 2.75) is 32.7 Å². The third-order valence-electron chi connectivity index (χ3n) is 4.21. The third kappa shape index (κ3) is 2.81. The Morgan fingerprint density at radius 1 is 1.50 bits per heavy atom. The van der Waals surface area contributed by atoms with Crippen LogP contribution in [0.3, 0.4) is 0 Å². The number of H-pyrrole nitrogens is 1. The first-order chi connectivity index (χ1) is 10.5. The van der Waals surface area contributed by atoms with E-state index in [0.29, 0.717) is 5.56 Å². The van der Waals surface area contributed by atoms with Crippen molar-refractivity contribution in [2.24, 2.45) is 13.0 Å². The van der Waals surface area contributed by atoms with Crippen molar-refractivity contribution in [3.8, 4) is 0 Å². The van der Waals surface area contributed by atoms with Gasteiger partial charge in [-0.3, -0.25) is 14.3 Å². The molecular formula is C16H20N4O2. The third-order valence-corrected chi connectivity index (χ3v) is 4.21. The van der Waals surface area contributed by atoms with Crippen molar-refractivity contribution in [3.63, 3.8) is 0 Å². The molecule has 1 amide bonds. The number of amides is 1. The number of nitrogens with one attached hydrogen (secondary N) is 2. The molecule has 2 heterocycles. The Labute approximate surface area is 128 Å². The van der Waals surface area contributed by atoms with E-state index in [9.17, 15) is 9.59 Å². The number of rotatable bonds is 4. The van der Waals surface area contributed by atoms with E-state index in [1.807, 2.05) is 39.4 Å². The van der Waals surface area contributed by atoms with Gasteiger partial charge in [-0.1, -0.05) is 0 Å². The van der Waals surface area contributed by atoms with Crippen LogP contribution in [0, 0.1) is 19.8 Å². The van der Waals surface area contributed by atoms with E-state index in [1.165, 1.54) is 0 Å². The van der Waals surface area contributed by atoms with Crippen LogP contribution in [-0.2, 0) is 18.4 Å². The maximum Gasteiger partial charge on any atom is 0.253 e. The topological polar surface area (TPSA) is 79.8 Å². The van der Waals surface area contributed by atoms with Crippen molar-refractivity contribution in [3.05, 3.63) is 51.2 Å². The van der Waals surface area contributed by atoms with Gasteiger partial charge in [0.15, 0.2) is 0 Å². The van der Waals surface area contributed by atoms with Crippen molar-refractivity contribution >= 4 is 5.91 Å². The van der Waals surface area contributed by atoms with Crippen molar-refractivity contribution in [1.82, 2.24) is 20.1 Å². The average Bonchev–Trinajstić information content (AvgIpc) is 3.13. The number of aromatic nitrogens is 3. The summed E-state index contributed by atoms with van der Waals surface area (Å²) < 4.78 is 1.75. The number of carbonyl (C=O) groups excluding carboxylic acids is 1. The maximum absolute atomic E-state index is 12.2. The minimum atomic E-state index is -0.127. The fourth-order valence-corrected chi connectivity index (χ4v) is 2.89. The molecule has 22 heavy (non-hydrogen) atoms. The van der Waals surface area contributed by atoms with Gasteiger partial charge in [-0.25, -0.2) is 0 Å². The molecule has 2 unspecified atom stereocenters. The lowest BCUT2D eigenvalue weighted by Crippen LogP contribution is -2.29. The molecule has 1 aliphatic carbocycles. The summed E-state index contributed by atoms with van der Waals surface area (Å²) in [5, 5.41) is 7.02. The minimum Gasteiger partial charge on any atom is -0.352 e. The van der Waals surface area contributed by atoms with E-state index >= 15 is 0 Å². The summed E-state index contributed by atoms with van der Waals surface area (Å²) in [5.41, 5.74) is 3.33. The van der Waals surface area contributed by atoms with Crippen LogP contribution in [0.1, 0.15) is 34.7 Å². The highest BCUT2D eigenvalue weighted by Gasteiger charge is 2.44. The summed E-state index contributed by atoms with van der Waals surface area (Å²) in [4.78, 5) is 26.9. The zero-order valence-corrected chi connectivity index (χ0v) is 13.0. The van der Waals surface area contributed by atoms with Crippen LogP contribution in [0.2, 0.25) is 0 Å². The Bertz CT molecular complexity index is 775. The largest absolute Gasteiger partial charge is 0.352 e. The monoisotopic (exact) mass is 300 g/mol. The zero-order valence-electron chi connectivity index (χ0n) is 13.0. The molecular weight excluding hydrogens is 280 g/mol. The minimum absolute atomic E-state index is 0.00552. The second-order valence-corrected chi connectivity index (χ2v) is 6.06. The molecule has 2 aromatic heterocycles. The van der Waals surface area contributed by atoms with Gasteiger partial charge < -0.3 is 10.3 Å². The quantitative estimate of drug-likeness (QED) is 0.889. The average molecular weight is 300 g/mol. The van der Waals surface area contributed by atoms with E-state index in [-0.39, 0.29) is 29.8 Å². The molecule has 2 atom stereocenters. The van der Waals surface area contributed by atoms with Crippen LogP contribution in [0.5, 0.6) is 0 Å². The molecule has 0 bridgehead atoms. The van der Waals surface area contributed by atoms with Gasteiger partial charge in [0.25, 0.3) is 5.56 Å². The van der Waals surface area contributed by atoms with Crippen LogP contribution in [0.25, 0.3) is 0 Å². The van der Waals surface area contributed by atoms with Gasteiger partial charge in [0.2, 0.25) is 5.91 Å². The fourth-order valence-electron chi connectivity index (χ4n) is 2.89. The fraction of sp³-hybridized carbons (Fsp3) is 0.438. The first-order valence-corrected chi connectivity index (χ1v) is 7.41. The molecule has 0 saturated heterocycles. The van der Waals surface area contributed by atoms with Crippen molar-refractivity contribution in [1.29, 1.82) is 0 Å². The zero-order chi connectivity index (χ0) is 15.9. The van der Waals surface area contributed by atoms with Crippen LogP contribution in [-0.4, -0.2) is 20.7 Å². The molecule has 6 nitrogen and oxygen atoms in total. The number of aromatic amines is 1. The Hall–Kier alpha value is -2.37. The molecule has 1 aliphatic rings. The smallest absolute Gasteiger partial charge is 0.253 e. The molecule has 2 aromatic rings. The van der Waals surface area contributed by atoms with Gasteiger partial charge in [-0.05, 0) is 43.4 Å². The van der Waals surface area contributed by atoms with Crippen LogP contribution in [0.15, 0.2) is 23.3 Å². The first-order valence-electron chi connectivity index (χ1n) is 7.41. The maximum atomic E-state index is 12.2. The number of hydrogen-bond donors (Lipinski definition) is 2. The highest BCUT2D eigenvalue weighted by Crippen LogP contribution is 2.47. The molecule has 1 saturated carbocycles. The summed E-state index contributed by atoms with van der Waals surface area (Å²) in [6, 6.07) is 1.92. The summed E-state index contributed by atoms with van der Waals surface area (Å²) in [6.45, 7) is 4.01. The van der Waals surface area contributed by atoms with E-state index in [1.54, 1.807) is 4.68 Å². The van der Waals surface area contributed by atoms with Gasteiger partial charge in [-0.15, -0.1) is 0 Å². The van der Waals surface area contributed by atoms with Gasteiger partial charge in [0, 0.05) is 37.0 Å². The Kier molecular flexibility index (Phi) is 3.60. The predicted octanol–water partition coefficient (Wildman–Crippen LogP) is 1.15. The number of nitrogens with zero attached hydrogens (tertiary/aromatic N) is 2. The number of carbonyl (C=O) groups is 1. The molecule has 0 aliphatic heterocycles. The molecule has 3 rings (SSSR count). The highest BCUT2D eigenvalue weighted by molar-refractivity contribution is 5.82. The molecule has 116 valence electrons. The Morgan fingerprint density at radius 3 is 2.91 bits per heavy atom. The molecule has 6 heteroatoms. The molecule has 1 fully saturated rings. The number of pyridine rings is 1. The van der Waals surface area contributed by atoms with Gasteiger partial charge >= 0.3 is 0 Å². The number of aryl methyl sites for hydroxylation is 3. The summed E-state index contributed by atoms with van der Waals surface area (Å²) >= 11 is 0. The van der Waals surface area contributed by atoms with Crippen molar-refractivity contribution in [2.75, 3.05) is 0 Å². The van der Waals surface area contributed by atoms with E-state index in [2.05, 4.69) is 15.4 Å². The van der Waals surface area contributed by atoms with Gasteiger partial charge in [-0.2, -0.15) is 5.10 Å². The van der Waals surface area contributed by atoms with Crippen LogP contribution < -0.4 is 10.9 Å². The standard InChI is InChI=1S/C16H20N4O2/c1-9-4-10(2)19-16(22)14(9)7-17-15(21)13-5-12(13)11-6-18-20(3)8-11/h4,6,8,12-13H,5,7H2,1-3H3,(H,17,21)(H,19,22). The second-order valence-electron chi connectivity index (χ2n) is 6.06. The van der Waals surface area contributed by atoms with Gasteiger partial charge in [0.1, 0.15) is 0 Å². The summed E-state index contributed by atoms with van der Waals surface area (Å²) in [5.74, 6) is 0.258. The molecule has 0 spiro atoms.